The van der Waals surface area contributed by atoms with Crippen LogP contribution in [0.25, 0.3) is 16.6 Å². The van der Waals surface area contributed by atoms with Crippen LogP contribution in [0.2, 0.25) is 0 Å². The second-order valence-electron chi connectivity index (χ2n) is 9.21. The average molecular weight is 443 g/mol. The van der Waals surface area contributed by atoms with Gasteiger partial charge < -0.3 is 10.2 Å². The number of benzene rings is 2. The molecule has 168 valence electrons. The number of anilines is 2. The Balaban J connectivity index is 1.37. The van der Waals surface area contributed by atoms with Crippen LogP contribution in [-0.4, -0.2) is 51.9 Å². The minimum absolute atomic E-state index is 0.116. The van der Waals surface area contributed by atoms with Gasteiger partial charge in [0.05, 0.1) is 11.2 Å². The molecule has 6 rings (SSSR count). The third-order valence-electron chi connectivity index (χ3n) is 7.06. The molecule has 0 radical (unpaired) electrons. The maximum atomic E-state index is 14.3. The number of halogens is 1. The van der Waals surface area contributed by atoms with E-state index in [0.29, 0.717) is 12.1 Å². The fourth-order valence-corrected chi connectivity index (χ4v) is 5.29. The average Bonchev–Trinajstić information content (AvgIpc) is 3.51. The number of fused-ring (bicyclic) bond motifs is 3. The largest absolute Gasteiger partial charge is 0.363 e. The first-order valence-corrected chi connectivity index (χ1v) is 11.5. The normalized spacial score (nSPS) is 21.1. The summed E-state index contributed by atoms with van der Waals surface area (Å²) >= 11 is 0. The van der Waals surface area contributed by atoms with Gasteiger partial charge in [0.15, 0.2) is 5.82 Å². The number of aromatic nitrogens is 3. The summed E-state index contributed by atoms with van der Waals surface area (Å²) in [5, 5.41) is 9.35. The van der Waals surface area contributed by atoms with E-state index in [1.54, 1.807) is 12.3 Å². The number of likely N-dealkylation sites (tertiary alicyclic amines) is 1. The molecule has 2 aromatic heterocycles. The first kappa shape index (κ1) is 20.2. The molecule has 2 saturated heterocycles. The zero-order chi connectivity index (χ0) is 22.5. The Morgan fingerprint density at radius 2 is 1.88 bits per heavy atom. The van der Waals surface area contributed by atoms with Gasteiger partial charge in [-0.2, -0.15) is 0 Å². The van der Waals surface area contributed by atoms with E-state index in [-0.39, 0.29) is 11.9 Å². The molecule has 2 bridgehead atoms. The Kier molecular flexibility index (Phi) is 4.80. The number of nitrogens with zero attached hydrogens (tertiary/aromatic N) is 5. The van der Waals surface area contributed by atoms with Crippen LogP contribution in [0.5, 0.6) is 0 Å². The van der Waals surface area contributed by atoms with Crippen LogP contribution in [0, 0.1) is 5.82 Å². The zero-order valence-corrected chi connectivity index (χ0v) is 18.8. The SMILES string of the molecule is C[C@H](Nc1cc(-n2nc(N3CC4CC3CN4C)c3cc(F)ccc32)ccn1)c1ccccc1. The first-order valence-electron chi connectivity index (χ1n) is 11.5. The van der Waals surface area contributed by atoms with Crippen molar-refractivity contribution in [3.63, 3.8) is 0 Å². The lowest BCUT2D eigenvalue weighted by Gasteiger charge is -2.32. The molecular weight excluding hydrogens is 415 g/mol. The van der Waals surface area contributed by atoms with Gasteiger partial charge in [0.2, 0.25) is 0 Å². The summed E-state index contributed by atoms with van der Waals surface area (Å²) in [4.78, 5) is 9.29. The number of hydrogen-bond donors (Lipinski definition) is 1. The minimum Gasteiger partial charge on any atom is -0.363 e. The Bertz CT molecular complexity index is 1300. The smallest absolute Gasteiger partial charge is 0.159 e. The Labute approximate surface area is 192 Å². The molecule has 0 aliphatic carbocycles. The van der Waals surface area contributed by atoms with E-state index >= 15 is 0 Å². The molecule has 33 heavy (non-hydrogen) atoms. The molecule has 1 N–H and O–H groups in total. The quantitative estimate of drug-likeness (QED) is 0.489. The fourth-order valence-electron chi connectivity index (χ4n) is 5.29. The number of hydrogen-bond acceptors (Lipinski definition) is 5. The standard InChI is InChI=1S/C26H27FN6/c1-17(18-6-4-3-5-7-18)29-25-14-20(10-11-28-25)33-24-9-8-19(27)12-23(24)26(30-33)32-16-21-13-22(32)15-31(21)2/h3-12,14,17,21-22H,13,15-16H2,1-2H3,(H,28,29)/t17-,21?,22?/m0/s1. The highest BCUT2D eigenvalue weighted by Crippen LogP contribution is 2.37. The molecule has 2 aromatic carbocycles. The molecular formula is C26H27FN6. The van der Waals surface area contributed by atoms with E-state index in [1.807, 2.05) is 41.1 Å². The van der Waals surface area contributed by atoms with Gasteiger partial charge in [-0.05, 0) is 50.2 Å². The second-order valence-corrected chi connectivity index (χ2v) is 9.21. The van der Waals surface area contributed by atoms with Gasteiger partial charge in [-0.15, -0.1) is 5.10 Å². The Morgan fingerprint density at radius 1 is 1.03 bits per heavy atom. The molecule has 7 heteroatoms. The van der Waals surface area contributed by atoms with Gasteiger partial charge in [0, 0.05) is 48.9 Å². The number of rotatable bonds is 5. The third-order valence-corrected chi connectivity index (χ3v) is 7.06. The van der Waals surface area contributed by atoms with E-state index in [2.05, 4.69) is 46.2 Å². The van der Waals surface area contributed by atoms with Crippen LogP contribution in [-0.2, 0) is 0 Å². The van der Waals surface area contributed by atoms with Crippen molar-refractivity contribution < 1.29 is 4.39 Å². The number of likely N-dealkylation sites (N-methyl/N-ethyl adjacent to an activating group) is 1. The molecule has 4 aromatic rings. The second kappa shape index (κ2) is 7.85. The Hall–Kier alpha value is -3.45. The highest BCUT2D eigenvalue weighted by atomic mass is 19.1. The molecule has 0 saturated carbocycles. The van der Waals surface area contributed by atoms with Crippen molar-refractivity contribution in [2.75, 3.05) is 30.4 Å². The predicted octanol–water partition coefficient (Wildman–Crippen LogP) is 4.63. The van der Waals surface area contributed by atoms with Crippen molar-refractivity contribution in [3.8, 4) is 5.69 Å². The van der Waals surface area contributed by atoms with Gasteiger partial charge in [0.1, 0.15) is 11.6 Å². The summed E-state index contributed by atoms with van der Waals surface area (Å²) in [7, 11) is 2.18. The molecule has 0 spiro atoms. The minimum atomic E-state index is -0.237. The zero-order valence-electron chi connectivity index (χ0n) is 18.8. The van der Waals surface area contributed by atoms with Crippen LogP contribution in [0.3, 0.4) is 0 Å². The fraction of sp³-hybridized carbons (Fsp3) is 0.308. The molecule has 6 nitrogen and oxygen atoms in total. The molecule has 3 atom stereocenters. The monoisotopic (exact) mass is 442 g/mol. The van der Waals surface area contributed by atoms with Crippen LogP contribution in [0.1, 0.15) is 24.9 Å². The van der Waals surface area contributed by atoms with Crippen molar-refractivity contribution in [1.82, 2.24) is 19.7 Å². The molecule has 2 unspecified atom stereocenters. The molecule has 0 amide bonds. The van der Waals surface area contributed by atoms with E-state index in [9.17, 15) is 4.39 Å². The van der Waals surface area contributed by atoms with Crippen LogP contribution < -0.4 is 10.2 Å². The van der Waals surface area contributed by atoms with Crippen LogP contribution in [0.15, 0.2) is 66.9 Å². The molecule has 2 fully saturated rings. The van der Waals surface area contributed by atoms with Gasteiger partial charge >= 0.3 is 0 Å². The van der Waals surface area contributed by atoms with Crippen molar-refractivity contribution in [1.29, 1.82) is 0 Å². The summed E-state index contributed by atoms with van der Waals surface area (Å²) in [6.45, 7) is 4.07. The molecule has 4 heterocycles. The van der Waals surface area contributed by atoms with E-state index in [0.717, 1.165) is 47.7 Å². The van der Waals surface area contributed by atoms with Gasteiger partial charge in [-0.3, -0.25) is 4.90 Å². The van der Waals surface area contributed by atoms with Gasteiger partial charge in [0.25, 0.3) is 0 Å². The number of piperazine rings is 1. The van der Waals surface area contributed by atoms with Crippen LogP contribution >= 0.6 is 0 Å². The molecule has 2 aliphatic heterocycles. The highest BCUT2D eigenvalue weighted by molar-refractivity contribution is 5.92. The predicted molar refractivity (Wildman–Crippen MR) is 129 cm³/mol. The lowest BCUT2D eigenvalue weighted by molar-refractivity contribution is 0.292. The maximum absolute atomic E-state index is 14.3. The Morgan fingerprint density at radius 3 is 2.64 bits per heavy atom. The summed E-state index contributed by atoms with van der Waals surface area (Å²) in [5.41, 5.74) is 2.99. The summed E-state index contributed by atoms with van der Waals surface area (Å²) < 4.78 is 16.2. The highest BCUT2D eigenvalue weighted by Gasteiger charge is 2.43. The number of nitrogens with one attached hydrogen (secondary N) is 1. The van der Waals surface area contributed by atoms with Crippen molar-refractivity contribution in [2.24, 2.45) is 0 Å². The molecule has 2 aliphatic rings. The van der Waals surface area contributed by atoms with Gasteiger partial charge in [-0.25, -0.2) is 14.1 Å². The van der Waals surface area contributed by atoms with Crippen LogP contribution in [0.4, 0.5) is 16.0 Å². The third kappa shape index (κ3) is 3.53. The van der Waals surface area contributed by atoms with E-state index < -0.39 is 0 Å². The van der Waals surface area contributed by atoms with E-state index in [4.69, 9.17) is 5.10 Å². The maximum Gasteiger partial charge on any atom is 0.159 e. The van der Waals surface area contributed by atoms with E-state index in [1.165, 1.54) is 11.6 Å². The topological polar surface area (TPSA) is 49.2 Å². The summed E-state index contributed by atoms with van der Waals surface area (Å²) in [5.74, 6) is 1.41. The van der Waals surface area contributed by atoms with Crippen molar-refractivity contribution in [2.45, 2.75) is 31.5 Å². The van der Waals surface area contributed by atoms with Gasteiger partial charge in [-0.1, -0.05) is 30.3 Å². The lowest BCUT2D eigenvalue weighted by Crippen LogP contribution is -2.44. The van der Waals surface area contributed by atoms with Crippen molar-refractivity contribution >= 4 is 22.5 Å². The van der Waals surface area contributed by atoms with Crippen molar-refractivity contribution in [3.05, 3.63) is 78.2 Å². The summed E-state index contributed by atoms with van der Waals surface area (Å²) in [6.07, 6.45) is 2.93. The summed E-state index contributed by atoms with van der Waals surface area (Å²) in [6, 6.07) is 20.3. The lowest BCUT2D eigenvalue weighted by atomic mass is 10.1. The number of pyridine rings is 1. The first-order chi connectivity index (χ1) is 16.1.